The van der Waals surface area contributed by atoms with Gasteiger partial charge in [-0.3, -0.25) is 0 Å². The third kappa shape index (κ3) is 4.02. The molecule has 0 amide bonds. The molecule has 1 aromatic carbocycles. The van der Waals surface area contributed by atoms with Crippen molar-refractivity contribution in [2.75, 3.05) is 11.9 Å². The molecule has 1 aromatic rings. The van der Waals surface area contributed by atoms with E-state index in [4.69, 9.17) is 4.74 Å². The summed E-state index contributed by atoms with van der Waals surface area (Å²) in [6.45, 7) is 2.07. The van der Waals surface area contributed by atoms with Crippen LogP contribution in [0.2, 0.25) is 0 Å². The van der Waals surface area contributed by atoms with Gasteiger partial charge in [-0.25, -0.2) is 4.39 Å². The molecule has 2 rings (SSSR count). The van der Waals surface area contributed by atoms with Crippen molar-refractivity contribution in [3.8, 4) is 5.75 Å². The third-order valence-corrected chi connectivity index (χ3v) is 3.77. The van der Waals surface area contributed by atoms with Gasteiger partial charge in [0, 0.05) is 17.8 Å². The van der Waals surface area contributed by atoms with Crippen LogP contribution in [0.15, 0.2) is 18.2 Å². The van der Waals surface area contributed by atoms with Gasteiger partial charge < -0.3 is 10.1 Å². The summed E-state index contributed by atoms with van der Waals surface area (Å²) in [5.74, 6) is -1.83. The quantitative estimate of drug-likeness (QED) is 0.810. The minimum absolute atomic E-state index is 0.110. The molecule has 118 valence electrons. The molecule has 1 saturated carbocycles. The van der Waals surface area contributed by atoms with Crippen LogP contribution in [0.5, 0.6) is 5.75 Å². The molecule has 2 nitrogen and oxygen atoms in total. The van der Waals surface area contributed by atoms with Gasteiger partial charge in [0.15, 0.2) is 11.6 Å². The van der Waals surface area contributed by atoms with Crippen LogP contribution >= 0.6 is 0 Å². The molecule has 1 aliphatic rings. The van der Waals surface area contributed by atoms with Crippen molar-refractivity contribution in [1.29, 1.82) is 0 Å². The van der Waals surface area contributed by atoms with Crippen LogP contribution in [-0.4, -0.2) is 18.8 Å². The summed E-state index contributed by atoms with van der Waals surface area (Å²) < 4.78 is 57.8. The lowest BCUT2D eigenvalue weighted by Crippen LogP contribution is -2.41. The number of hydrogen-bond acceptors (Lipinski definition) is 2. The molecule has 0 spiro atoms. The highest BCUT2D eigenvalue weighted by Crippen LogP contribution is 2.39. The van der Waals surface area contributed by atoms with Crippen LogP contribution in [0.3, 0.4) is 0 Å². The molecule has 0 bridgehead atoms. The zero-order valence-electron chi connectivity index (χ0n) is 11.8. The second-order valence-electron chi connectivity index (χ2n) is 5.26. The smallest absolute Gasteiger partial charge is 0.393 e. The van der Waals surface area contributed by atoms with Crippen molar-refractivity contribution in [1.82, 2.24) is 0 Å². The van der Waals surface area contributed by atoms with E-state index in [2.05, 4.69) is 5.32 Å². The van der Waals surface area contributed by atoms with E-state index in [9.17, 15) is 17.6 Å². The van der Waals surface area contributed by atoms with Crippen molar-refractivity contribution in [3.63, 3.8) is 0 Å². The van der Waals surface area contributed by atoms with E-state index < -0.39 is 24.0 Å². The fourth-order valence-corrected chi connectivity index (χ4v) is 2.77. The highest BCUT2D eigenvalue weighted by Gasteiger charge is 2.45. The van der Waals surface area contributed by atoms with E-state index in [-0.39, 0.29) is 12.2 Å². The maximum absolute atomic E-state index is 13.7. The fraction of sp³-hybridized carbons (Fsp3) is 0.600. The normalized spacial score (nSPS) is 22.9. The van der Waals surface area contributed by atoms with Crippen molar-refractivity contribution >= 4 is 5.69 Å². The Morgan fingerprint density at radius 3 is 2.57 bits per heavy atom. The Bertz CT molecular complexity index is 475. The largest absolute Gasteiger partial charge is 0.491 e. The molecule has 0 radical (unpaired) electrons. The Kier molecular flexibility index (Phi) is 4.96. The average molecular weight is 305 g/mol. The summed E-state index contributed by atoms with van der Waals surface area (Å²) >= 11 is 0. The summed E-state index contributed by atoms with van der Waals surface area (Å²) in [5.41, 5.74) is 0.358. The first-order valence-corrected chi connectivity index (χ1v) is 7.17. The number of halogens is 4. The Morgan fingerprint density at radius 1 is 1.24 bits per heavy atom. The lowest BCUT2D eigenvalue weighted by Gasteiger charge is -2.34. The maximum atomic E-state index is 13.7. The molecule has 0 heterocycles. The van der Waals surface area contributed by atoms with Crippen molar-refractivity contribution in [2.24, 2.45) is 5.92 Å². The minimum atomic E-state index is -4.22. The van der Waals surface area contributed by atoms with Gasteiger partial charge in [0.05, 0.1) is 12.5 Å². The average Bonchev–Trinajstić information content (AvgIpc) is 2.41. The zero-order valence-corrected chi connectivity index (χ0v) is 11.8. The highest BCUT2D eigenvalue weighted by molar-refractivity contribution is 5.48. The van der Waals surface area contributed by atoms with Crippen molar-refractivity contribution < 1.29 is 22.3 Å². The van der Waals surface area contributed by atoms with Gasteiger partial charge >= 0.3 is 6.18 Å². The number of rotatable bonds is 4. The van der Waals surface area contributed by atoms with E-state index in [1.165, 1.54) is 12.1 Å². The van der Waals surface area contributed by atoms with Gasteiger partial charge in [0.25, 0.3) is 0 Å². The SMILES string of the molecule is CCOc1ccc(NC2CCCCC2C(F)(F)F)cc1F. The first kappa shape index (κ1) is 15.9. The Hall–Kier alpha value is -1.46. The van der Waals surface area contributed by atoms with E-state index in [1.54, 1.807) is 13.0 Å². The van der Waals surface area contributed by atoms with Gasteiger partial charge in [-0.15, -0.1) is 0 Å². The highest BCUT2D eigenvalue weighted by atomic mass is 19.4. The van der Waals surface area contributed by atoms with Crippen LogP contribution in [0.1, 0.15) is 32.6 Å². The monoisotopic (exact) mass is 305 g/mol. The van der Waals surface area contributed by atoms with E-state index in [1.807, 2.05) is 0 Å². The molecule has 2 atom stereocenters. The molecule has 1 N–H and O–H groups in total. The molecule has 21 heavy (non-hydrogen) atoms. The molecule has 2 unspecified atom stereocenters. The first-order chi connectivity index (χ1) is 9.91. The molecular weight excluding hydrogens is 286 g/mol. The number of hydrogen-bond donors (Lipinski definition) is 1. The van der Waals surface area contributed by atoms with Crippen LogP contribution in [0.25, 0.3) is 0 Å². The predicted octanol–water partition coefficient (Wildman–Crippen LogP) is 4.76. The molecule has 0 aromatic heterocycles. The molecule has 0 aliphatic heterocycles. The van der Waals surface area contributed by atoms with E-state index in [0.717, 1.165) is 6.42 Å². The van der Waals surface area contributed by atoms with Crippen molar-refractivity contribution in [3.05, 3.63) is 24.0 Å². The summed E-state index contributed by atoms with van der Waals surface area (Å²) in [7, 11) is 0. The lowest BCUT2D eigenvalue weighted by molar-refractivity contribution is -0.184. The second kappa shape index (κ2) is 6.54. The van der Waals surface area contributed by atoms with Crippen LogP contribution in [-0.2, 0) is 0 Å². The van der Waals surface area contributed by atoms with E-state index in [0.29, 0.717) is 25.1 Å². The Morgan fingerprint density at radius 2 is 1.95 bits per heavy atom. The second-order valence-corrected chi connectivity index (χ2v) is 5.26. The molecule has 0 saturated heterocycles. The number of benzene rings is 1. The summed E-state index contributed by atoms with van der Waals surface area (Å²) in [4.78, 5) is 0. The number of ether oxygens (including phenoxy) is 1. The van der Waals surface area contributed by atoms with Gasteiger partial charge in [0.2, 0.25) is 0 Å². The number of alkyl halides is 3. The van der Waals surface area contributed by atoms with Crippen molar-refractivity contribution in [2.45, 2.75) is 44.8 Å². The van der Waals surface area contributed by atoms with Gasteiger partial charge in [0.1, 0.15) is 0 Å². The van der Waals surface area contributed by atoms with Crippen LogP contribution in [0.4, 0.5) is 23.2 Å². The maximum Gasteiger partial charge on any atom is 0.393 e. The topological polar surface area (TPSA) is 21.3 Å². The summed E-state index contributed by atoms with van der Waals surface area (Å²) in [6.07, 6.45) is -2.31. The Labute approximate surface area is 121 Å². The standard InChI is InChI=1S/C15H19F4NO/c1-2-21-14-8-7-10(9-12(14)16)20-13-6-4-3-5-11(13)15(17,18)19/h7-9,11,13,20H,2-6H2,1H3. The number of anilines is 1. The van der Waals surface area contributed by atoms with Gasteiger partial charge in [-0.05, 0) is 31.9 Å². The van der Waals surface area contributed by atoms with Gasteiger partial charge in [-0.1, -0.05) is 12.8 Å². The first-order valence-electron chi connectivity index (χ1n) is 7.17. The molecular formula is C15H19F4NO. The number of nitrogens with one attached hydrogen (secondary N) is 1. The fourth-order valence-electron chi connectivity index (χ4n) is 2.77. The summed E-state index contributed by atoms with van der Waals surface area (Å²) in [6, 6.07) is 3.48. The third-order valence-electron chi connectivity index (χ3n) is 3.77. The molecule has 1 fully saturated rings. The lowest BCUT2D eigenvalue weighted by atomic mass is 9.84. The Balaban J connectivity index is 2.10. The van der Waals surface area contributed by atoms with E-state index >= 15 is 0 Å². The molecule has 6 heteroatoms. The minimum Gasteiger partial charge on any atom is -0.491 e. The van der Waals surface area contributed by atoms with Gasteiger partial charge in [-0.2, -0.15) is 13.2 Å². The summed E-state index contributed by atoms with van der Waals surface area (Å²) in [5, 5.41) is 2.83. The van der Waals surface area contributed by atoms with Crippen LogP contribution in [0, 0.1) is 11.7 Å². The predicted molar refractivity (Wildman–Crippen MR) is 73.0 cm³/mol. The molecule has 1 aliphatic carbocycles. The zero-order chi connectivity index (χ0) is 15.5. The van der Waals surface area contributed by atoms with Crippen LogP contribution < -0.4 is 10.1 Å².